The minimum atomic E-state index is 0. The summed E-state index contributed by atoms with van der Waals surface area (Å²) in [4.78, 5) is 19.1. The third-order valence-electron chi connectivity index (χ3n) is 5.43. The van der Waals surface area contributed by atoms with E-state index >= 15 is 0 Å². The van der Waals surface area contributed by atoms with Gasteiger partial charge in [-0.15, -0.1) is 24.8 Å². The van der Waals surface area contributed by atoms with E-state index in [1.54, 1.807) is 0 Å². The second-order valence-corrected chi connectivity index (χ2v) is 7.16. The van der Waals surface area contributed by atoms with Crippen LogP contribution in [0.5, 0.6) is 0 Å². The van der Waals surface area contributed by atoms with Crippen molar-refractivity contribution in [2.75, 3.05) is 37.6 Å². The van der Waals surface area contributed by atoms with Crippen LogP contribution >= 0.6 is 24.8 Å². The zero-order valence-corrected chi connectivity index (χ0v) is 17.0. The van der Waals surface area contributed by atoms with Gasteiger partial charge in [0, 0.05) is 25.6 Å². The second-order valence-electron chi connectivity index (χ2n) is 7.16. The van der Waals surface area contributed by atoms with E-state index in [2.05, 4.69) is 20.5 Å². The lowest BCUT2D eigenvalue weighted by Gasteiger charge is -2.30. The maximum atomic E-state index is 12.4. The topological polar surface area (TPSA) is 70.4 Å². The summed E-state index contributed by atoms with van der Waals surface area (Å²) in [6.45, 7) is 4.65. The number of hydrogen-bond acceptors (Lipinski definition) is 5. The Labute approximate surface area is 172 Å². The first-order valence-electron chi connectivity index (χ1n) is 9.38. The van der Waals surface area contributed by atoms with Crippen molar-refractivity contribution in [2.45, 2.75) is 25.7 Å². The average molecular weight is 415 g/mol. The van der Waals surface area contributed by atoms with Crippen molar-refractivity contribution in [2.24, 2.45) is 11.8 Å². The Hall–Kier alpha value is -1.50. The first-order chi connectivity index (χ1) is 12.3. The number of fused-ring (bicyclic) bond motifs is 1. The van der Waals surface area contributed by atoms with Gasteiger partial charge in [-0.1, -0.05) is 12.1 Å². The summed E-state index contributed by atoms with van der Waals surface area (Å²) in [5.74, 6) is 1.05. The van der Waals surface area contributed by atoms with Crippen molar-refractivity contribution >= 4 is 47.8 Å². The van der Waals surface area contributed by atoms with Gasteiger partial charge in [-0.05, 0) is 56.8 Å². The van der Waals surface area contributed by atoms with Crippen LogP contribution in [0.3, 0.4) is 0 Å². The number of anilines is 1. The molecule has 8 heteroatoms. The normalized spacial score (nSPS) is 20.1. The number of halogens is 2. The van der Waals surface area contributed by atoms with E-state index in [1.807, 2.05) is 24.3 Å². The number of aromatic nitrogens is 1. The maximum Gasteiger partial charge on any atom is 0.298 e. The molecule has 27 heavy (non-hydrogen) atoms. The molecule has 0 spiro atoms. The molecule has 0 radical (unpaired) electrons. The Bertz CT molecular complexity index is 692. The van der Waals surface area contributed by atoms with E-state index in [0.717, 1.165) is 69.0 Å². The molecule has 1 aromatic heterocycles. The first-order valence-corrected chi connectivity index (χ1v) is 9.38. The van der Waals surface area contributed by atoms with Gasteiger partial charge < -0.3 is 20.0 Å². The van der Waals surface area contributed by atoms with Crippen LogP contribution in [-0.4, -0.2) is 43.6 Å². The molecule has 2 fully saturated rings. The van der Waals surface area contributed by atoms with Crippen LogP contribution in [0.1, 0.15) is 25.7 Å². The number of hydrogen-bond donors (Lipinski definition) is 2. The van der Waals surface area contributed by atoms with Crippen LogP contribution in [0.4, 0.5) is 6.01 Å². The van der Waals surface area contributed by atoms with E-state index in [-0.39, 0.29) is 36.6 Å². The predicted molar refractivity (Wildman–Crippen MR) is 112 cm³/mol. The second kappa shape index (κ2) is 10.2. The van der Waals surface area contributed by atoms with Crippen molar-refractivity contribution < 1.29 is 9.21 Å². The van der Waals surface area contributed by atoms with Crippen molar-refractivity contribution in [3.05, 3.63) is 24.3 Å². The number of carbonyl (C=O) groups excluding carboxylic acids is 1. The highest BCUT2D eigenvalue weighted by atomic mass is 35.5. The Balaban J connectivity index is 0.00000131. The van der Waals surface area contributed by atoms with Gasteiger partial charge >= 0.3 is 0 Å². The van der Waals surface area contributed by atoms with Crippen LogP contribution in [-0.2, 0) is 4.79 Å². The Morgan fingerprint density at radius 2 is 2.00 bits per heavy atom. The third kappa shape index (κ3) is 5.27. The number of para-hydroxylation sites is 2. The molecular weight excluding hydrogens is 387 g/mol. The van der Waals surface area contributed by atoms with Crippen molar-refractivity contribution in [3.63, 3.8) is 0 Å². The summed E-state index contributed by atoms with van der Waals surface area (Å²) in [5.41, 5.74) is 1.71. The van der Waals surface area contributed by atoms with Gasteiger partial charge in [0.1, 0.15) is 5.52 Å². The number of carbonyl (C=O) groups is 1. The number of oxazole rings is 1. The molecule has 2 aromatic rings. The fourth-order valence-corrected chi connectivity index (χ4v) is 3.83. The highest BCUT2D eigenvalue weighted by Gasteiger charge is 2.27. The number of benzene rings is 1. The summed E-state index contributed by atoms with van der Waals surface area (Å²) < 4.78 is 5.83. The molecule has 0 aliphatic carbocycles. The Morgan fingerprint density at radius 3 is 2.70 bits per heavy atom. The lowest BCUT2D eigenvalue weighted by molar-refractivity contribution is -0.125. The molecule has 1 atom stereocenters. The number of rotatable bonds is 5. The molecule has 0 bridgehead atoms. The van der Waals surface area contributed by atoms with E-state index in [9.17, 15) is 4.79 Å². The number of nitrogens with zero attached hydrogens (tertiary/aromatic N) is 2. The van der Waals surface area contributed by atoms with Crippen LogP contribution in [0.25, 0.3) is 11.1 Å². The smallest absolute Gasteiger partial charge is 0.298 e. The zero-order valence-electron chi connectivity index (χ0n) is 15.4. The lowest BCUT2D eigenvalue weighted by atomic mass is 9.96. The molecule has 1 amide bonds. The molecular formula is C19H28Cl2N4O2. The van der Waals surface area contributed by atoms with Crippen LogP contribution < -0.4 is 15.5 Å². The molecule has 1 aromatic carbocycles. The maximum absolute atomic E-state index is 12.4. The van der Waals surface area contributed by atoms with Gasteiger partial charge in [0.15, 0.2) is 5.58 Å². The quantitative estimate of drug-likeness (QED) is 0.786. The fourth-order valence-electron chi connectivity index (χ4n) is 3.83. The zero-order chi connectivity index (χ0) is 17.1. The van der Waals surface area contributed by atoms with E-state index in [0.29, 0.717) is 6.01 Å². The summed E-state index contributed by atoms with van der Waals surface area (Å²) >= 11 is 0. The molecule has 3 heterocycles. The minimum Gasteiger partial charge on any atom is -0.423 e. The van der Waals surface area contributed by atoms with Gasteiger partial charge in [-0.25, -0.2) is 0 Å². The van der Waals surface area contributed by atoms with Gasteiger partial charge in [-0.2, -0.15) is 4.98 Å². The van der Waals surface area contributed by atoms with Crippen molar-refractivity contribution in [1.29, 1.82) is 0 Å². The van der Waals surface area contributed by atoms with E-state index in [1.165, 1.54) is 6.42 Å². The molecule has 2 aliphatic heterocycles. The van der Waals surface area contributed by atoms with Crippen LogP contribution in [0.2, 0.25) is 0 Å². The molecule has 6 nitrogen and oxygen atoms in total. The van der Waals surface area contributed by atoms with Gasteiger partial charge in [0.2, 0.25) is 5.91 Å². The molecule has 1 unspecified atom stereocenters. The van der Waals surface area contributed by atoms with Gasteiger partial charge in [0.05, 0.1) is 0 Å². The number of nitrogens with one attached hydrogen (secondary N) is 2. The molecule has 150 valence electrons. The number of amides is 1. The SMILES string of the molecule is Cl.Cl.O=C(NCCC1CCNC1)C1CCN(c2nc3ccccc3o2)CC1. The Morgan fingerprint density at radius 1 is 1.22 bits per heavy atom. The highest BCUT2D eigenvalue weighted by Crippen LogP contribution is 2.26. The molecule has 2 saturated heterocycles. The monoisotopic (exact) mass is 414 g/mol. The summed E-state index contributed by atoms with van der Waals surface area (Å²) in [6.07, 6.45) is 4.03. The van der Waals surface area contributed by atoms with Gasteiger partial charge in [0.25, 0.3) is 6.01 Å². The van der Waals surface area contributed by atoms with Gasteiger partial charge in [-0.3, -0.25) is 4.79 Å². The standard InChI is InChI=1S/C19H26N4O2.2ClH/c24-18(21-10-6-14-5-9-20-13-14)15-7-11-23(12-8-15)19-22-16-3-1-2-4-17(16)25-19;;/h1-4,14-15,20H,5-13H2,(H,21,24);2*1H. The van der Waals surface area contributed by atoms with Crippen LogP contribution in [0, 0.1) is 11.8 Å². The molecule has 4 rings (SSSR count). The Kier molecular flexibility index (Phi) is 8.20. The molecule has 2 N–H and O–H groups in total. The summed E-state index contributed by atoms with van der Waals surface area (Å²) in [5, 5.41) is 6.50. The highest BCUT2D eigenvalue weighted by molar-refractivity contribution is 5.85. The lowest BCUT2D eigenvalue weighted by Crippen LogP contribution is -2.41. The number of piperidine rings is 1. The molecule has 2 aliphatic rings. The molecule has 0 saturated carbocycles. The largest absolute Gasteiger partial charge is 0.423 e. The van der Waals surface area contributed by atoms with Crippen molar-refractivity contribution in [1.82, 2.24) is 15.6 Å². The van der Waals surface area contributed by atoms with Crippen LogP contribution in [0.15, 0.2) is 28.7 Å². The van der Waals surface area contributed by atoms with Crippen molar-refractivity contribution in [3.8, 4) is 0 Å². The fraction of sp³-hybridized carbons (Fsp3) is 0.579. The van der Waals surface area contributed by atoms with E-state index in [4.69, 9.17) is 4.42 Å². The first kappa shape index (κ1) is 21.8. The average Bonchev–Trinajstić information content (AvgIpc) is 3.31. The summed E-state index contributed by atoms with van der Waals surface area (Å²) in [6, 6.07) is 8.49. The predicted octanol–water partition coefficient (Wildman–Crippen LogP) is 3.00. The summed E-state index contributed by atoms with van der Waals surface area (Å²) in [7, 11) is 0. The van der Waals surface area contributed by atoms with E-state index < -0.39 is 0 Å². The minimum absolute atomic E-state index is 0. The third-order valence-corrected chi connectivity index (χ3v) is 5.43.